The molecule has 76 valence electrons. The van der Waals surface area contributed by atoms with E-state index in [4.69, 9.17) is 0 Å². The second-order valence-electron chi connectivity index (χ2n) is 4.21. The van der Waals surface area contributed by atoms with Gasteiger partial charge < -0.3 is 5.32 Å². The second-order valence-corrected chi connectivity index (χ2v) is 4.21. The zero-order valence-electron chi connectivity index (χ0n) is 8.46. The van der Waals surface area contributed by atoms with Gasteiger partial charge in [-0.15, -0.1) is 0 Å². The van der Waals surface area contributed by atoms with Crippen molar-refractivity contribution in [1.29, 1.82) is 0 Å². The van der Waals surface area contributed by atoms with Crippen molar-refractivity contribution in [1.82, 2.24) is 5.32 Å². The first-order valence-electron chi connectivity index (χ1n) is 5.14. The van der Waals surface area contributed by atoms with Crippen LogP contribution in [-0.2, 0) is 5.41 Å². The van der Waals surface area contributed by atoms with Gasteiger partial charge in [0.25, 0.3) is 0 Å². The number of rotatable bonds is 1. The van der Waals surface area contributed by atoms with Gasteiger partial charge in [0.15, 0.2) is 0 Å². The van der Waals surface area contributed by atoms with E-state index in [1.807, 2.05) is 37.3 Å². The molecule has 0 amide bonds. The summed E-state index contributed by atoms with van der Waals surface area (Å²) in [4.78, 5) is 0. The molecule has 1 heterocycles. The molecule has 1 aliphatic heterocycles. The van der Waals surface area contributed by atoms with Crippen LogP contribution in [0, 0.1) is 0 Å². The average molecular weight is 193 g/mol. The summed E-state index contributed by atoms with van der Waals surface area (Å²) in [6.45, 7) is 3.41. The summed E-state index contributed by atoms with van der Waals surface area (Å²) in [7, 11) is 0. The highest BCUT2D eigenvalue weighted by Gasteiger charge is 2.38. The predicted molar refractivity (Wildman–Crippen MR) is 56.2 cm³/mol. The molecule has 0 saturated carbocycles. The molecular weight excluding hydrogens is 177 g/mol. The lowest BCUT2D eigenvalue weighted by Gasteiger charge is -2.37. The first kappa shape index (κ1) is 9.66. The van der Waals surface area contributed by atoms with Gasteiger partial charge in [-0.3, -0.25) is 0 Å². The number of alkyl halides is 1. The largest absolute Gasteiger partial charge is 0.314 e. The van der Waals surface area contributed by atoms with Gasteiger partial charge in [0.2, 0.25) is 0 Å². The molecule has 14 heavy (non-hydrogen) atoms. The third-order valence-corrected chi connectivity index (χ3v) is 3.27. The first-order valence-corrected chi connectivity index (χ1v) is 5.14. The molecule has 1 aliphatic rings. The molecule has 1 nitrogen and oxygen atoms in total. The molecule has 2 rings (SSSR count). The van der Waals surface area contributed by atoms with Gasteiger partial charge in [0.1, 0.15) is 6.17 Å². The van der Waals surface area contributed by atoms with Gasteiger partial charge in [0.05, 0.1) is 0 Å². The van der Waals surface area contributed by atoms with Crippen molar-refractivity contribution in [3.8, 4) is 0 Å². The van der Waals surface area contributed by atoms with E-state index in [0.717, 1.165) is 18.5 Å². The van der Waals surface area contributed by atoms with E-state index >= 15 is 0 Å². The van der Waals surface area contributed by atoms with E-state index in [9.17, 15) is 4.39 Å². The summed E-state index contributed by atoms with van der Waals surface area (Å²) in [6, 6.07) is 9.99. The number of piperidine rings is 1. The Morgan fingerprint density at radius 2 is 2.07 bits per heavy atom. The minimum absolute atomic E-state index is 0.299. The third kappa shape index (κ3) is 1.55. The topological polar surface area (TPSA) is 12.0 Å². The monoisotopic (exact) mass is 193 g/mol. The SMILES string of the molecule is C[C@]1(c2ccccc2)CCNC[C@H]1F. The quantitative estimate of drug-likeness (QED) is 0.721. The van der Waals surface area contributed by atoms with Gasteiger partial charge in [-0.25, -0.2) is 4.39 Å². The molecule has 1 N–H and O–H groups in total. The first-order chi connectivity index (χ1) is 6.73. The molecule has 2 atom stereocenters. The summed E-state index contributed by atoms with van der Waals surface area (Å²) in [5, 5.41) is 3.08. The van der Waals surface area contributed by atoms with Gasteiger partial charge in [0, 0.05) is 12.0 Å². The lowest BCUT2D eigenvalue weighted by Crippen LogP contribution is -2.47. The van der Waals surface area contributed by atoms with E-state index in [-0.39, 0.29) is 5.41 Å². The molecule has 0 unspecified atom stereocenters. The molecule has 1 fully saturated rings. The van der Waals surface area contributed by atoms with Crippen molar-refractivity contribution in [2.24, 2.45) is 0 Å². The molecule has 2 heteroatoms. The van der Waals surface area contributed by atoms with E-state index in [2.05, 4.69) is 5.32 Å². The highest BCUT2D eigenvalue weighted by atomic mass is 19.1. The highest BCUT2D eigenvalue weighted by Crippen LogP contribution is 2.34. The van der Waals surface area contributed by atoms with Crippen LogP contribution in [0.15, 0.2) is 30.3 Å². The molecule has 1 aromatic carbocycles. The maximum absolute atomic E-state index is 13.9. The van der Waals surface area contributed by atoms with Gasteiger partial charge in [-0.05, 0) is 18.5 Å². The lowest BCUT2D eigenvalue weighted by atomic mass is 9.74. The Balaban J connectivity index is 2.30. The fourth-order valence-corrected chi connectivity index (χ4v) is 2.10. The second kappa shape index (κ2) is 3.70. The molecule has 1 aromatic rings. The van der Waals surface area contributed by atoms with Crippen molar-refractivity contribution < 1.29 is 4.39 Å². The van der Waals surface area contributed by atoms with Crippen LogP contribution in [-0.4, -0.2) is 19.3 Å². The summed E-state index contributed by atoms with van der Waals surface area (Å²) in [6.07, 6.45) is 0.0942. The summed E-state index contributed by atoms with van der Waals surface area (Å²) in [5.74, 6) is 0. The van der Waals surface area contributed by atoms with Crippen LogP contribution in [0.25, 0.3) is 0 Å². The number of nitrogens with one attached hydrogen (secondary N) is 1. The van der Waals surface area contributed by atoms with Crippen molar-refractivity contribution in [3.05, 3.63) is 35.9 Å². The van der Waals surface area contributed by atoms with E-state index in [1.165, 1.54) is 0 Å². The third-order valence-electron chi connectivity index (χ3n) is 3.27. The Morgan fingerprint density at radius 1 is 1.36 bits per heavy atom. The smallest absolute Gasteiger partial charge is 0.122 e. The van der Waals surface area contributed by atoms with Crippen LogP contribution >= 0.6 is 0 Å². The molecule has 0 aliphatic carbocycles. The molecule has 0 radical (unpaired) electrons. The fraction of sp³-hybridized carbons (Fsp3) is 0.500. The van der Waals surface area contributed by atoms with Crippen LogP contribution in [0.4, 0.5) is 4.39 Å². The highest BCUT2D eigenvalue weighted by molar-refractivity contribution is 5.27. The van der Waals surface area contributed by atoms with Gasteiger partial charge in [-0.1, -0.05) is 37.3 Å². The summed E-state index contributed by atoms with van der Waals surface area (Å²) < 4.78 is 13.9. The minimum Gasteiger partial charge on any atom is -0.314 e. The number of halogens is 1. The zero-order chi connectivity index (χ0) is 10.0. The summed E-state index contributed by atoms with van der Waals surface area (Å²) >= 11 is 0. The molecule has 0 spiro atoms. The maximum Gasteiger partial charge on any atom is 0.122 e. The van der Waals surface area contributed by atoms with Crippen LogP contribution in [0.5, 0.6) is 0 Å². The van der Waals surface area contributed by atoms with E-state index in [1.54, 1.807) is 0 Å². The Bertz CT molecular complexity index is 298. The summed E-state index contributed by atoms with van der Waals surface area (Å²) in [5.41, 5.74) is 0.820. The normalized spacial score (nSPS) is 32.9. The van der Waals surface area contributed by atoms with Gasteiger partial charge in [-0.2, -0.15) is 0 Å². The lowest BCUT2D eigenvalue weighted by molar-refractivity contribution is 0.155. The van der Waals surface area contributed by atoms with E-state index < -0.39 is 6.17 Å². The fourth-order valence-electron chi connectivity index (χ4n) is 2.10. The van der Waals surface area contributed by atoms with Crippen molar-refractivity contribution >= 4 is 0 Å². The number of hydrogen-bond donors (Lipinski definition) is 1. The van der Waals surface area contributed by atoms with Crippen molar-refractivity contribution in [2.45, 2.75) is 24.9 Å². The van der Waals surface area contributed by atoms with Crippen molar-refractivity contribution in [3.63, 3.8) is 0 Å². The molecular formula is C12H16FN. The molecule has 0 bridgehead atoms. The Morgan fingerprint density at radius 3 is 2.71 bits per heavy atom. The Kier molecular flexibility index (Phi) is 2.55. The Hall–Kier alpha value is -0.890. The molecule has 0 aromatic heterocycles. The zero-order valence-corrected chi connectivity index (χ0v) is 8.46. The number of benzene rings is 1. The maximum atomic E-state index is 13.9. The molecule has 1 saturated heterocycles. The average Bonchev–Trinajstić information content (AvgIpc) is 2.24. The van der Waals surface area contributed by atoms with Gasteiger partial charge >= 0.3 is 0 Å². The van der Waals surface area contributed by atoms with E-state index in [0.29, 0.717) is 6.54 Å². The van der Waals surface area contributed by atoms with Crippen molar-refractivity contribution in [2.75, 3.05) is 13.1 Å². The Labute approximate surface area is 84.3 Å². The van der Waals surface area contributed by atoms with Crippen LogP contribution < -0.4 is 5.32 Å². The standard InChI is InChI=1S/C12H16FN/c1-12(7-8-14-9-11(12)13)10-5-3-2-4-6-10/h2-6,11,14H,7-9H2,1H3/t11-,12-/m1/s1. The number of hydrogen-bond acceptors (Lipinski definition) is 1. The minimum atomic E-state index is -0.779. The van der Waals surface area contributed by atoms with Crippen LogP contribution in [0.3, 0.4) is 0 Å². The van der Waals surface area contributed by atoms with Crippen LogP contribution in [0.2, 0.25) is 0 Å². The van der Waals surface area contributed by atoms with Crippen LogP contribution in [0.1, 0.15) is 18.9 Å². The predicted octanol–water partition coefficient (Wildman–Crippen LogP) is 2.28.